The fourth-order valence-electron chi connectivity index (χ4n) is 1.16. The summed E-state index contributed by atoms with van der Waals surface area (Å²) in [7, 11) is -5.03. The summed E-state index contributed by atoms with van der Waals surface area (Å²) >= 11 is 0. The Kier molecular flexibility index (Phi) is 4.83. The first-order valence-electron chi connectivity index (χ1n) is 5.11. The van der Waals surface area contributed by atoms with Gasteiger partial charge in [-0.15, -0.1) is 0 Å². The van der Waals surface area contributed by atoms with Gasteiger partial charge in [0.05, 0.1) is 5.69 Å². The van der Waals surface area contributed by atoms with Crippen LogP contribution < -0.4 is 10.5 Å². The average Bonchev–Trinajstić information content (AvgIpc) is 2.29. The number of nitrogen functional groups attached to an aromatic ring is 1. The van der Waals surface area contributed by atoms with Gasteiger partial charge in [-0.1, -0.05) is 0 Å². The van der Waals surface area contributed by atoms with Crippen molar-refractivity contribution in [3.8, 4) is 0 Å². The predicted octanol–water partition coefficient (Wildman–Crippen LogP) is 0.453. The molecular weight excluding hydrogens is 279 g/mol. The van der Waals surface area contributed by atoms with Crippen molar-refractivity contribution in [3.63, 3.8) is 0 Å². The van der Waals surface area contributed by atoms with E-state index in [4.69, 9.17) is 5.73 Å². The highest BCUT2D eigenvalue weighted by atomic mass is 32.2. The van der Waals surface area contributed by atoms with Crippen molar-refractivity contribution in [1.82, 2.24) is 4.72 Å². The molecule has 0 aliphatic rings. The van der Waals surface area contributed by atoms with Crippen molar-refractivity contribution in [2.75, 3.05) is 18.5 Å². The molecule has 3 N–H and O–H groups in total. The highest BCUT2D eigenvalue weighted by Gasteiger charge is 2.19. The molecule has 0 aliphatic heterocycles. The zero-order valence-corrected chi connectivity index (χ0v) is 11.6. The lowest BCUT2D eigenvalue weighted by Crippen LogP contribution is -2.33. The summed E-state index contributed by atoms with van der Waals surface area (Å²) in [6.07, 6.45) is 1.48. The Labute approximate surface area is 108 Å². The monoisotopic (exact) mass is 294 g/mol. The Morgan fingerprint density at radius 3 is 2.67 bits per heavy atom. The molecule has 2 unspecified atom stereocenters. The lowest BCUT2D eigenvalue weighted by molar-refractivity contribution is 0.577. The number of halogens is 1. The number of sulfonamides is 1. The van der Waals surface area contributed by atoms with Gasteiger partial charge in [-0.2, -0.15) is 0 Å². The molecule has 5 nitrogen and oxygen atoms in total. The van der Waals surface area contributed by atoms with Crippen molar-refractivity contribution in [2.24, 2.45) is 0 Å². The van der Waals surface area contributed by atoms with Crippen LogP contribution in [0, 0.1) is 5.82 Å². The maximum Gasteiger partial charge on any atom is 0.242 e. The fraction of sp³-hybridized carbons (Fsp3) is 0.400. The Bertz CT molecular complexity index is 560. The first-order valence-corrected chi connectivity index (χ1v) is 8.21. The molecule has 18 heavy (non-hydrogen) atoms. The predicted molar refractivity (Wildman–Crippen MR) is 69.5 cm³/mol. The first-order chi connectivity index (χ1) is 8.24. The van der Waals surface area contributed by atoms with E-state index in [0.717, 1.165) is 12.1 Å². The lowest BCUT2D eigenvalue weighted by atomic mass is 10.3. The van der Waals surface area contributed by atoms with Crippen LogP contribution in [0.5, 0.6) is 0 Å². The molecule has 0 bridgehead atoms. The summed E-state index contributed by atoms with van der Waals surface area (Å²) in [5.74, 6) is -0.684. The molecule has 0 aromatic heterocycles. The van der Waals surface area contributed by atoms with Gasteiger partial charge >= 0.3 is 0 Å². The van der Waals surface area contributed by atoms with E-state index in [1.165, 1.54) is 12.3 Å². The van der Waals surface area contributed by atoms with Crippen LogP contribution in [-0.2, 0) is 20.8 Å². The minimum absolute atomic E-state index is 0.00139. The third kappa shape index (κ3) is 3.76. The number of benzene rings is 1. The van der Waals surface area contributed by atoms with Gasteiger partial charge in [0.2, 0.25) is 10.0 Å². The second kappa shape index (κ2) is 5.77. The van der Waals surface area contributed by atoms with Crippen LogP contribution in [0.4, 0.5) is 10.1 Å². The third-order valence-corrected chi connectivity index (χ3v) is 5.17. The third-order valence-electron chi connectivity index (χ3n) is 2.39. The Balaban J connectivity index is 2.93. The summed E-state index contributed by atoms with van der Waals surface area (Å²) in [6.45, 7) is 1.65. The van der Waals surface area contributed by atoms with E-state index in [1.807, 2.05) is 0 Å². The second-order valence-corrected chi connectivity index (χ2v) is 7.38. The molecule has 0 fully saturated rings. The van der Waals surface area contributed by atoms with Gasteiger partial charge in [0, 0.05) is 28.9 Å². The molecule has 0 saturated heterocycles. The zero-order chi connectivity index (χ0) is 13.9. The van der Waals surface area contributed by atoms with Crippen LogP contribution in [-0.4, -0.2) is 30.7 Å². The van der Waals surface area contributed by atoms with Gasteiger partial charge in [-0.05, 0) is 25.1 Å². The molecule has 0 amide bonds. The zero-order valence-electron chi connectivity index (χ0n) is 10.0. The van der Waals surface area contributed by atoms with Crippen molar-refractivity contribution >= 4 is 26.5 Å². The number of hydrogen-bond donors (Lipinski definition) is 2. The fourth-order valence-corrected chi connectivity index (χ4v) is 2.86. The molecular formula is C10H15FN2O3S2. The number of nitrogens with two attached hydrogens (primary N) is 1. The van der Waals surface area contributed by atoms with Crippen molar-refractivity contribution in [2.45, 2.75) is 17.1 Å². The SMILES string of the molecule is CC(CNS(=O)(=O)c1cc(F)ccc1N)S(C)=O. The van der Waals surface area contributed by atoms with Gasteiger partial charge in [0.1, 0.15) is 10.7 Å². The Morgan fingerprint density at radius 2 is 2.11 bits per heavy atom. The number of anilines is 1. The summed E-state index contributed by atoms with van der Waals surface area (Å²) in [5.41, 5.74) is 5.46. The summed E-state index contributed by atoms with van der Waals surface area (Å²) in [5, 5.41) is -0.338. The highest BCUT2D eigenvalue weighted by Crippen LogP contribution is 2.18. The van der Waals surface area contributed by atoms with Crippen molar-refractivity contribution in [3.05, 3.63) is 24.0 Å². The normalized spacial score (nSPS) is 15.3. The maximum atomic E-state index is 13.0. The van der Waals surface area contributed by atoms with E-state index in [2.05, 4.69) is 4.72 Å². The number of rotatable bonds is 5. The van der Waals surface area contributed by atoms with E-state index >= 15 is 0 Å². The van der Waals surface area contributed by atoms with Gasteiger partial charge < -0.3 is 5.73 Å². The minimum Gasteiger partial charge on any atom is -0.398 e. The van der Waals surface area contributed by atoms with Crippen LogP contribution in [0.25, 0.3) is 0 Å². The van der Waals surface area contributed by atoms with E-state index in [0.29, 0.717) is 0 Å². The summed E-state index contributed by atoms with van der Waals surface area (Å²) in [4.78, 5) is -0.309. The molecule has 0 aliphatic carbocycles. The molecule has 1 rings (SSSR count). The van der Waals surface area contributed by atoms with Crippen LogP contribution in [0.2, 0.25) is 0 Å². The minimum atomic E-state index is -3.89. The van der Waals surface area contributed by atoms with E-state index in [-0.39, 0.29) is 22.4 Å². The number of hydrogen-bond acceptors (Lipinski definition) is 4. The van der Waals surface area contributed by atoms with Crippen molar-refractivity contribution in [1.29, 1.82) is 0 Å². The number of nitrogens with one attached hydrogen (secondary N) is 1. The van der Waals surface area contributed by atoms with Crippen LogP contribution in [0.15, 0.2) is 23.1 Å². The summed E-state index contributed by atoms with van der Waals surface area (Å²) in [6, 6.07) is 3.12. The quantitative estimate of drug-likeness (QED) is 0.772. The topological polar surface area (TPSA) is 89.3 Å². The van der Waals surface area contributed by atoms with Crippen molar-refractivity contribution < 1.29 is 17.0 Å². The lowest BCUT2D eigenvalue weighted by Gasteiger charge is -2.12. The Morgan fingerprint density at radius 1 is 1.50 bits per heavy atom. The van der Waals surface area contributed by atoms with Gasteiger partial charge in [0.25, 0.3) is 0 Å². The Hall–Kier alpha value is -0.990. The second-order valence-electron chi connectivity index (χ2n) is 3.84. The summed E-state index contributed by atoms with van der Waals surface area (Å²) < 4.78 is 50.1. The largest absolute Gasteiger partial charge is 0.398 e. The standard InChI is InChI=1S/C10H15FN2O3S2/c1-7(17(2)14)6-13-18(15,16)10-5-8(11)3-4-9(10)12/h3-5,7,13H,6,12H2,1-2H3. The van der Waals surface area contributed by atoms with E-state index < -0.39 is 26.6 Å². The van der Waals surface area contributed by atoms with Gasteiger partial charge in [-0.25, -0.2) is 17.5 Å². The molecule has 0 heterocycles. The molecule has 0 radical (unpaired) electrons. The maximum absolute atomic E-state index is 13.0. The van der Waals surface area contributed by atoms with Crippen LogP contribution in [0.3, 0.4) is 0 Å². The van der Waals surface area contributed by atoms with Crippen LogP contribution in [0.1, 0.15) is 6.92 Å². The molecule has 0 spiro atoms. The highest BCUT2D eigenvalue weighted by molar-refractivity contribution is 7.89. The molecule has 8 heteroatoms. The molecule has 1 aromatic carbocycles. The van der Waals surface area contributed by atoms with Gasteiger partial charge in [-0.3, -0.25) is 4.21 Å². The first kappa shape index (κ1) is 15.1. The average molecular weight is 294 g/mol. The molecule has 1 aromatic rings. The van der Waals surface area contributed by atoms with E-state index in [9.17, 15) is 17.0 Å². The van der Waals surface area contributed by atoms with E-state index in [1.54, 1.807) is 6.92 Å². The molecule has 0 saturated carbocycles. The molecule has 2 atom stereocenters. The smallest absolute Gasteiger partial charge is 0.242 e. The van der Waals surface area contributed by atoms with Crippen LogP contribution >= 0.6 is 0 Å². The van der Waals surface area contributed by atoms with Gasteiger partial charge in [0.15, 0.2) is 0 Å². The molecule has 102 valence electrons.